The molecule has 0 aliphatic carbocycles. The number of hydrogen-bond acceptors (Lipinski definition) is 4. The molecular formula is C14H15ClN2O2S. The van der Waals surface area contributed by atoms with Crippen molar-refractivity contribution >= 4 is 28.6 Å². The summed E-state index contributed by atoms with van der Waals surface area (Å²) in [7, 11) is 0. The number of nitro benzene ring substituents is 1. The van der Waals surface area contributed by atoms with Crippen LogP contribution in [0.5, 0.6) is 0 Å². The fourth-order valence-electron chi connectivity index (χ4n) is 1.84. The van der Waals surface area contributed by atoms with Gasteiger partial charge in [-0.05, 0) is 43.6 Å². The Bertz CT molecular complexity index is 569. The summed E-state index contributed by atoms with van der Waals surface area (Å²) in [5.74, 6) is 0. The zero-order valence-electron chi connectivity index (χ0n) is 10.8. The summed E-state index contributed by atoms with van der Waals surface area (Å²) in [6.45, 7) is 1.76. The second kappa shape index (κ2) is 7.38. The zero-order chi connectivity index (χ0) is 14.4. The first-order chi connectivity index (χ1) is 9.65. The predicted octanol–water partition coefficient (Wildman–Crippen LogP) is 3.68. The van der Waals surface area contributed by atoms with E-state index in [1.165, 1.54) is 4.88 Å². The van der Waals surface area contributed by atoms with Crippen LogP contribution in [0, 0.1) is 10.1 Å². The molecule has 0 aliphatic rings. The van der Waals surface area contributed by atoms with Crippen LogP contribution >= 0.6 is 22.9 Å². The van der Waals surface area contributed by atoms with Gasteiger partial charge >= 0.3 is 0 Å². The van der Waals surface area contributed by atoms with Gasteiger partial charge in [0, 0.05) is 17.0 Å². The molecule has 1 aromatic carbocycles. The molecule has 0 atom stereocenters. The number of thiophene rings is 1. The highest BCUT2D eigenvalue weighted by Gasteiger charge is 2.03. The van der Waals surface area contributed by atoms with Crippen LogP contribution in [0.25, 0.3) is 0 Å². The summed E-state index contributed by atoms with van der Waals surface area (Å²) >= 11 is 7.47. The number of benzene rings is 1. The monoisotopic (exact) mass is 310 g/mol. The van der Waals surface area contributed by atoms with E-state index in [1.54, 1.807) is 35.6 Å². The largest absolute Gasteiger partial charge is 0.316 e. The Morgan fingerprint density at radius 1 is 1.10 bits per heavy atom. The number of nitrogens with one attached hydrogen (secondary N) is 1. The Kier molecular flexibility index (Phi) is 5.52. The maximum absolute atomic E-state index is 10.5. The lowest BCUT2D eigenvalue weighted by Crippen LogP contribution is -2.19. The van der Waals surface area contributed by atoms with Gasteiger partial charge in [-0.2, -0.15) is 0 Å². The maximum Gasteiger partial charge on any atom is 0.269 e. The summed E-state index contributed by atoms with van der Waals surface area (Å²) in [6.07, 6.45) is 1.83. The lowest BCUT2D eigenvalue weighted by atomic mass is 10.1. The zero-order valence-corrected chi connectivity index (χ0v) is 12.4. The van der Waals surface area contributed by atoms with Crippen LogP contribution in [-0.2, 0) is 12.8 Å². The summed E-state index contributed by atoms with van der Waals surface area (Å²) in [5.41, 5.74) is 1.23. The SMILES string of the molecule is O=[N+]([O-])c1ccc(CCNCCc2ccc(Cl)s2)cc1. The molecule has 1 N–H and O–H groups in total. The molecule has 20 heavy (non-hydrogen) atoms. The van der Waals surface area contributed by atoms with Crippen LogP contribution in [0.4, 0.5) is 5.69 Å². The van der Waals surface area contributed by atoms with Gasteiger partial charge in [0.05, 0.1) is 9.26 Å². The molecule has 0 saturated heterocycles. The van der Waals surface area contributed by atoms with Crippen molar-refractivity contribution in [1.82, 2.24) is 5.32 Å². The Balaban J connectivity index is 1.66. The van der Waals surface area contributed by atoms with Crippen molar-refractivity contribution in [3.8, 4) is 0 Å². The Labute approximate surface area is 126 Å². The second-order valence-electron chi connectivity index (χ2n) is 4.38. The van der Waals surface area contributed by atoms with Crippen molar-refractivity contribution < 1.29 is 4.92 Å². The third kappa shape index (κ3) is 4.59. The fourth-order valence-corrected chi connectivity index (χ4v) is 2.93. The first-order valence-electron chi connectivity index (χ1n) is 6.33. The topological polar surface area (TPSA) is 55.2 Å². The average molecular weight is 311 g/mol. The van der Waals surface area contributed by atoms with Crippen LogP contribution in [0.15, 0.2) is 36.4 Å². The molecule has 106 valence electrons. The molecule has 4 nitrogen and oxygen atoms in total. The fraction of sp³-hybridized carbons (Fsp3) is 0.286. The second-order valence-corrected chi connectivity index (χ2v) is 6.18. The minimum atomic E-state index is -0.381. The van der Waals surface area contributed by atoms with Crippen LogP contribution in [0.1, 0.15) is 10.4 Å². The summed E-state index contributed by atoms with van der Waals surface area (Å²) in [6, 6.07) is 10.7. The molecule has 0 radical (unpaired) electrons. The molecule has 2 rings (SSSR count). The Morgan fingerprint density at radius 2 is 1.80 bits per heavy atom. The average Bonchev–Trinajstić information content (AvgIpc) is 2.84. The van der Waals surface area contributed by atoms with Gasteiger partial charge in [0.2, 0.25) is 0 Å². The van der Waals surface area contributed by atoms with E-state index in [0.717, 1.165) is 35.8 Å². The number of rotatable bonds is 7. The standard InChI is InChI=1S/C14H15ClN2O2S/c15-14-6-5-13(20-14)8-10-16-9-7-11-1-3-12(4-2-11)17(18)19/h1-6,16H,7-10H2. The molecule has 6 heteroatoms. The van der Waals surface area contributed by atoms with Gasteiger partial charge < -0.3 is 5.32 Å². The van der Waals surface area contributed by atoms with Crippen molar-refractivity contribution in [3.05, 3.63) is 61.3 Å². The van der Waals surface area contributed by atoms with E-state index in [-0.39, 0.29) is 10.6 Å². The number of nitro groups is 1. The van der Waals surface area contributed by atoms with Gasteiger partial charge in [0.15, 0.2) is 0 Å². The molecule has 2 aromatic rings. The quantitative estimate of drug-likeness (QED) is 0.482. The molecule has 0 bridgehead atoms. The highest BCUT2D eigenvalue weighted by Crippen LogP contribution is 2.21. The van der Waals surface area contributed by atoms with Gasteiger partial charge in [0.1, 0.15) is 0 Å². The highest BCUT2D eigenvalue weighted by atomic mass is 35.5. The van der Waals surface area contributed by atoms with Gasteiger partial charge in [-0.1, -0.05) is 23.7 Å². The molecule has 0 fully saturated rings. The smallest absolute Gasteiger partial charge is 0.269 e. The third-order valence-electron chi connectivity index (χ3n) is 2.91. The molecule has 0 unspecified atom stereocenters. The Morgan fingerprint density at radius 3 is 2.40 bits per heavy atom. The van der Waals surface area contributed by atoms with Crippen LogP contribution in [-0.4, -0.2) is 18.0 Å². The van der Waals surface area contributed by atoms with Gasteiger partial charge in [0.25, 0.3) is 5.69 Å². The third-order valence-corrected chi connectivity index (χ3v) is 4.21. The van der Waals surface area contributed by atoms with E-state index in [4.69, 9.17) is 11.6 Å². The van der Waals surface area contributed by atoms with Crippen LogP contribution in [0.3, 0.4) is 0 Å². The molecule has 1 heterocycles. The van der Waals surface area contributed by atoms with Crippen molar-refractivity contribution in [2.24, 2.45) is 0 Å². The molecule has 0 aliphatic heterocycles. The molecule has 0 saturated carbocycles. The summed E-state index contributed by atoms with van der Waals surface area (Å²) in [5, 5.41) is 13.9. The van der Waals surface area contributed by atoms with E-state index in [0.29, 0.717) is 0 Å². The van der Waals surface area contributed by atoms with Crippen molar-refractivity contribution in [1.29, 1.82) is 0 Å². The first-order valence-corrected chi connectivity index (χ1v) is 7.53. The van der Waals surface area contributed by atoms with E-state index >= 15 is 0 Å². The van der Waals surface area contributed by atoms with Crippen LogP contribution in [0.2, 0.25) is 4.34 Å². The molecule has 1 aromatic heterocycles. The van der Waals surface area contributed by atoms with Crippen molar-refractivity contribution in [3.63, 3.8) is 0 Å². The lowest BCUT2D eigenvalue weighted by molar-refractivity contribution is -0.384. The van der Waals surface area contributed by atoms with Crippen molar-refractivity contribution in [2.45, 2.75) is 12.8 Å². The molecule has 0 spiro atoms. The molecular weight excluding hydrogens is 296 g/mol. The summed E-state index contributed by atoms with van der Waals surface area (Å²) in [4.78, 5) is 11.4. The van der Waals surface area contributed by atoms with Gasteiger partial charge in [-0.15, -0.1) is 11.3 Å². The normalized spacial score (nSPS) is 10.7. The molecule has 0 amide bonds. The van der Waals surface area contributed by atoms with E-state index in [1.807, 2.05) is 12.1 Å². The van der Waals surface area contributed by atoms with E-state index < -0.39 is 0 Å². The lowest BCUT2D eigenvalue weighted by Gasteiger charge is -2.04. The summed E-state index contributed by atoms with van der Waals surface area (Å²) < 4.78 is 0.825. The number of hydrogen-bond donors (Lipinski definition) is 1. The Hall–Kier alpha value is -1.43. The first kappa shape index (κ1) is 15.0. The number of nitrogens with zero attached hydrogens (tertiary/aromatic N) is 1. The maximum atomic E-state index is 10.5. The predicted molar refractivity (Wildman–Crippen MR) is 82.7 cm³/mol. The van der Waals surface area contributed by atoms with E-state index in [2.05, 4.69) is 5.32 Å². The van der Waals surface area contributed by atoms with Gasteiger partial charge in [-0.3, -0.25) is 10.1 Å². The van der Waals surface area contributed by atoms with Gasteiger partial charge in [-0.25, -0.2) is 0 Å². The van der Waals surface area contributed by atoms with Crippen molar-refractivity contribution in [2.75, 3.05) is 13.1 Å². The highest BCUT2D eigenvalue weighted by molar-refractivity contribution is 7.16. The number of non-ortho nitro benzene ring substituents is 1. The minimum Gasteiger partial charge on any atom is -0.316 e. The van der Waals surface area contributed by atoms with Crippen LogP contribution < -0.4 is 5.32 Å². The number of halogens is 1. The van der Waals surface area contributed by atoms with E-state index in [9.17, 15) is 10.1 Å². The minimum absolute atomic E-state index is 0.135.